The second-order valence-electron chi connectivity index (χ2n) is 4.74. The molecule has 0 unspecified atom stereocenters. The molecule has 1 heterocycles. The van der Waals surface area contributed by atoms with Crippen LogP contribution in [0.4, 0.5) is 0 Å². The van der Waals surface area contributed by atoms with Crippen molar-refractivity contribution in [2.24, 2.45) is 5.92 Å². The first-order valence-electron chi connectivity index (χ1n) is 6.20. The third-order valence-electron chi connectivity index (χ3n) is 2.68. The number of rotatable bonds is 5. The van der Waals surface area contributed by atoms with Crippen molar-refractivity contribution in [3.05, 3.63) is 28.9 Å². The van der Waals surface area contributed by atoms with Gasteiger partial charge in [0, 0.05) is 16.1 Å². The average Bonchev–Trinajstić information content (AvgIpc) is 2.34. The summed E-state index contributed by atoms with van der Waals surface area (Å²) in [7, 11) is 0. The molecule has 0 aliphatic rings. The summed E-state index contributed by atoms with van der Waals surface area (Å²) < 4.78 is 6.59. The molecule has 0 saturated heterocycles. The average molecular weight is 309 g/mol. The lowest BCUT2D eigenvalue weighted by molar-refractivity contribution is 0.277. The summed E-state index contributed by atoms with van der Waals surface area (Å²) in [6.07, 6.45) is 4.00. The Kier molecular flexibility index (Phi) is 4.53. The minimum atomic E-state index is 0.466. The highest BCUT2D eigenvalue weighted by Crippen LogP contribution is 2.19. The van der Waals surface area contributed by atoms with Gasteiger partial charge in [0.25, 0.3) is 0 Å². The molecule has 0 spiro atoms. The van der Waals surface area contributed by atoms with Crippen molar-refractivity contribution in [3.63, 3.8) is 0 Å². The monoisotopic (exact) mass is 308 g/mol. The fourth-order valence-corrected chi connectivity index (χ4v) is 2.09. The number of hydrogen-bond acceptors (Lipinski definition) is 3. The van der Waals surface area contributed by atoms with Crippen molar-refractivity contribution in [3.8, 4) is 6.01 Å². The Labute approximate surface area is 116 Å². The van der Waals surface area contributed by atoms with Crippen molar-refractivity contribution in [1.82, 2.24) is 9.97 Å². The molecule has 0 radical (unpaired) electrons. The fraction of sp³-hybridized carbons (Fsp3) is 0.429. The van der Waals surface area contributed by atoms with Crippen molar-refractivity contribution in [2.45, 2.75) is 26.7 Å². The molecule has 1 aromatic heterocycles. The zero-order chi connectivity index (χ0) is 13.0. The fourth-order valence-electron chi connectivity index (χ4n) is 1.71. The molecule has 2 rings (SSSR count). The number of nitrogens with zero attached hydrogens (tertiary/aromatic N) is 2. The first kappa shape index (κ1) is 13.3. The number of ether oxygens (including phenoxy) is 1. The molecule has 96 valence electrons. The molecule has 0 atom stereocenters. The highest BCUT2D eigenvalue weighted by Gasteiger charge is 2.02. The van der Waals surface area contributed by atoms with Gasteiger partial charge in [0.15, 0.2) is 0 Å². The molecule has 2 aromatic rings. The quantitative estimate of drug-likeness (QED) is 0.776. The lowest BCUT2D eigenvalue weighted by Crippen LogP contribution is -2.02. The van der Waals surface area contributed by atoms with Crippen LogP contribution >= 0.6 is 15.9 Å². The number of benzene rings is 1. The van der Waals surface area contributed by atoms with Crippen LogP contribution in [-0.4, -0.2) is 16.6 Å². The summed E-state index contributed by atoms with van der Waals surface area (Å²) in [5.41, 5.74) is 0.909. The van der Waals surface area contributed by atoms with Crippen molar-refractivity contribution in [1.29, 1.82) is 0 Å². The first-order valence-corrected chi connectivity index (χ1v) is 6.99. The van der Waals surface area contributed by atoms with E-state index in [9.17, 15) is 0 Å². The second-order valence-corrected chi connectivity index (χ2v) is 5.66. The zero-order valence-corrected chi connectivity index (χ0v) is 12.3. The van der Waals surface area contributed by atoms with Crippen LogP contribution < -0.4 is 4.74 Å². The van der Waals surface area contributed by atoms with Crippen LogP contribution in [0.3, 0.4) is 0 Å². The van der Waals surface area contributed by atoms with E-state index in [1.807, 2.05) is 18.2 Å². The summed E-state index contributed by atoms with van der Waals surface area (Å²) in [5, 5.41) is 1.01. The van der Waals surface area contributed by atoms with Crippen LogP contribution in [0, 0.1) is 5.92 Å². The highest BCUT2D eigenvalue weighted by molar-refractivity contribution is 9.10. The minimum Gasteiger partial charge on any atom is -0.463 e. The Balaban J connectivity index is 1.99. The van der Waals surface area contributed by atoms with Gasteiger partial charge in [-0.3, -0.25) is 0 Å². The second kappa shape index (κ2) is 6.14. The van der Waals surface area contributed by atoms with Crippen LogP contribution in [0.2, 0.25) is 0 Å². The Hall–Kier alpha value is -1.16. The number of fused-ring (bicyclic) bond motifs is 1. The molecular formula is C14H17BrN2O. The van der Waals surface area contributed by atoms with Gasteiger partial charge >= 0.3 is 6.01 Å². The van der Waals surface area contributed by atoms with E-state index in [1.54, 1.807) is 6.20 Å². The largest absolute Gasteiger partial charge is 0.463 e. The Bertz CT molecular complexity index is 528. The van der Waals surface area contributed by atoms with E-state index in [0.29, 0.717) is 18.5 Å². The van der Waals surface area contributed by atoms with Gasteiger partial charge in [-0.05, 0) is 37.0 Å². The predicted octanol–water partition coefficient (Wildman–Crippen LogP) is 4.21. The molecule has 18 heavy (non-hydrogen) atoms. The zero-order valence-electron chi connectivity index (χ0n) is 10.7. The van der Waals surface area contributed by atoms with Crippen LogP contribution in [0.25, 0.3) is 10.9 Å². The molecule has 0 amide bonds. The minimum absolute atomic E-state index is 0.466. The number of aromatic nitrogens is 2. The Morgan fingerprint density at radius 1 is 1.33 bits per heavy atom. The molecule has 0 saturated carbocycles. The van der Waals surface area contributed by atoms with E-state index in [0.717, 1.165) is 21.8 Å². The van der Waals surface area contributed by atoms with Gasteiger partial charge in [-0.1, -0.05) is 29.8 Å². The maximum absolute atomic E-state index is 5.56. The number of hydrogen-bond donors (Lipinski definition) is 0. The molecule has 1 aromatic carbocycles. The third kappa shape index (κ3) is 3.67. The van der Waals surface area contributed by atoms with Crippen LogP contribution in [-0.2, 0) is 0 Å². The standard InChI is InChI=1S/C14H17BrN2O/c1-10(2)4-3-7-18-14-16-9-11-8-12(15)5-6-13(11)17-14/h5-6,8-10H,3-4,7H2,1-2H3. The smallest absolute Gasteiger partial charge is 0.316 e. The van der Waals surface area contributed by atoms with Crippen molar-refractivity contribution >= 4 is 26.8 Å². The van der Waals surface area contributed by atoms with Crippen LogP contribution in [0.5, 0.6) is 6.01 Å². The molecular weight excluding hydrogens is 292 g/mol. The first-order chi connectivity index (χ1) is 8.65. The van der Waals surface area contributed by atoms with Gasteiger partial charge in [-0.15, -0.1) is 0 Å². The van der Waals surface area contributed by atoms with Gasteiger partial charge in [0.05, 0.1) is 12.1 Å². The molecule has 0 N–H and O–H groups in total. The van der Waals surface area contributed by atoms with Gasteiger partial charge < -0.3 is 4.74 Å². The molecule has 0 bridgehead atoms. The van der Waals surface area contributed by atoms with E-state index in [-0.39, 0.29) is 0 Å². The molecule has 4 heteroatoms. The highest BCUT2D eigenvalue weighted by atomic mass is 79.9. The maximum Gasteiger partial charge on any atom is 0.316 e. The molecule has 3 nitrogen and oxygen atoms in total. The summed E-state index contributed by atoms with van der Waals surface area (Å²) in [4.78, 5) is 8.59. The van der Waals surface area contributed by atoms with Crippen LogP contribution in [0.1, 0.15) is 26.7 Å². The third-order valence-corrected chi connectivity index (χ3v) is 3.17. The SMILES string of the molecule is CC(C)CCCOc1ncc2cc(Br)ccc2n1. The van der Waals surface area contributed by atoms with Gasteiger partial charge in [0.2, 0.25) is 0 Å². The van der Waals surface area contributed by atoms with Gasteiger partial charge in [0.1, 0.15) is 0 Å². The Morgan fingerprint density at radius 2 is 2.17 bits per heavy atom. The predicted molar refractivity (Wildman–Crippen MR) is 76.8 cm³/mol. The van der Waals surface area contributed by atoms with Gasteiger partial charge in [-0.2, -0.15) is 4.98 Å². The van der Waals surface area contributed by atoms with E-state index >= 15 is 0 Å². The summed E-state index contributed by atoms with van der Waals surface area (Å²) >= 11 is 3.43. The van der Waals surface area contributed by atoms with Crippen molar-refractivity contribution in [2.75, 3.05) is 6.61 Å². The molecule has 0 fully saturated rings. The maximum atomic E-state index is 5.56. The summed E-state index contributed by atoms with van der Waals surface area (Å²) in [5.74, 6) is 0.712. The van der Waals surface area contributed by atoms with E-state index in [2.05, 4.69) is 39.7 Å². The molecule has 0 aliphatic carbocycles. The van der Waals surface area contributed by atoms with Gasteiger partial charge in [-0.25, -0.2) is 4.98 Å². The topological polar surface area (TPSA) is 35.0 Å². The lowest BCUT2D eigenvalue weighted by atomic mass is 10.1. The summed E-state index contributed by atoms with van der Waals surface area (Å²) in [6, 6.07) is 6.39. The lowest BCUT2D eigenvalue weighted by Gasteiger charge is -2.06. The Morgan fingerprint density at radius 3 is 2.94 bits per heavy atom. The summed E-state index contributed by atoms with van der Waals surface area (Å²) in [6.45, 7) is 5.11. The number of halogens is 1. The normalized spacial score (nSPS) is 11.1. The van der Waals surface area contributed by atoms with Crippen molar-refractivity contribution < 1.29 is 4.74 Å². The van der Waals surface area contributed by atoms with Crippen LogP contribution in [0.15, 0.2) is 28.9 Å². The molecule has 0 aliphatic heterocycles. The van der Waals surface area contributed by atoms with E-state index in [4.69, 9.17) is 4.74 Å². The van der Waals surface area contributed by atoms with E-state index in [1.165, 1.54) is 6.42 Å². The van der Waals surface area contributed by atoms with E-state index < -0.39 is 0 Å².